The molecule has 1 atom stereocenters. The summed E-state index contributed by atoms with van der Waals surface area (Å²) in [5.74, 6) is -0.0998. The van der Waals surface area contributed by atoms with Gasteiger partial charge in [-0.1, -0.05) is 66.7 Å². The smallest absolute Gasteiger partial charge is 0.305 e. The maximum absolute atomic E-state index is 11.4. The van der Waals surface area contributed by atoms with Gasteiger partial charge in [0.1, 0.15) is 0 Å². The predicted molar refractivity (Wildman–Crippen MR) is 110 cm³/mol. The van der Waals surface area contributed by atoms with E-state index in [2.05, 4.69) is 71.6 Å². The van der Waals surface area contributed by atoms with Crippen LogP contribution >= 0.6 is 0 Å². The molecule has 27 heavy (non-hydrogen) atoms. The average molecular weight is 364 g/mol. The molecule has 1 heterocycles. The van der Waals surface area contributed by atoms with E-state index in [0.717, 1.165) is 25.9 Å². The van der Waals surface area contributed by atoms with Crippen molar-refractivity contribution < 1.29 is 9.53 Å². The van der Waals surface area contributed by atoms with E-state index in [1.165, 1.54) is 36.7 Å². The Hall–Kier alpha value is -2.39. The van der Waals surface area contributed by atoms with Crippen molar-refractivity contribution in [2.45, 2.75) is 38.1 Å². The SMILES string of the molecule is COC(=O)CC[C@H]1CCCN1CCC=C(c1ccccc1)c1ccccc1. The average Bonchev–Trinajstić information content (AvgIpc) is 3.18. The van der Waals surface area contributed by atoms with E-state index in [-0.39, 0.29) is 5.97 Å². The van der Waals surface area contributed by atoms with Crippen LogP contribution in [0.15, 0.2) is 66.7 Å². The molecule has 0 spiro atoms. The van der Waals surface area contributed by atoms with Gasteiger partial charge in [0.25, 0.3) is 0 Å². The van der Waals surface area contributed by atoms with Crippen LogP contribution in [0.4, 0.5) is 0 Å². The summed E-state index contributed by atoms with van der Waals surface area (Å²) in [6, 6.07) is 21.7. The number of carbonyl (C=O) groups is 1. The standard InChI is InChI=1S/C24H29NO2/c1-27-24(26)17-16-22-14-8-18-25(22)19-9-15-23(20-10-4-2-5-11-20)21-12-6-3-7-13-21/h2-7,10-13,15,22H,8-9,14,16-19H2,1H3/t22-/m1/s1. The number of benzene rings is 2. The van der Waals surface area contributed by atoms with Crippen molar-refractivity contribution in [1.82, 2.24) is 4.90 Å². The Balaban J connectivity index is 1.65. The zero-order chi connectivity index (χ0) is 18.9. The van der Waals surface area contributed by atoms with Crippen molar-refractivity contribution in [2.75, 3.05) is 20.2 Å². The van der Waals surface area contributed by atoms with E-state index in [0.29, 0.717) is 12.5 Å². The molecule has 2 aromatic carbocycles. The fraction of sp³-hybridized carbons (Fsp3) is 0.375. The zero-order valence-corrected chi connectivity index (χ0v) is 16.1. The molecule has 3 heteroatoms. The maximum atomic E-state index is 11.4. The van der Waals surface area contributed by atoms with Crippen LogP contribution in [-0.4, -0.2) is 37.1 Å². The topological polar surface area (TPSA) is 29.5 Å². The Morgan fingerprint density at radius 1 is 1.07 bits per heavy atom. The van der Waals surface area contributed by atoms with Gasteiger partial charge < -0.3 is 9.64 Å². The van der Waals surface area contributed by atoms with E-state index in [4.69, 9.17) is 4.74 Å². The molecule has 0 unspecified atom stereocenters. The van der Waals surface area contributed by atoms with Crippen molar-refractivity contribution in [1.29, 1.82) is 0 Å². The number of likely N-dealkylation sites (tertiary alicyclic amines) is 1. The van der Waals surface area contributed by atoms with E-state index in [1.807, 2.05) is 0 Å². The highest BCUT2D eigenvalue weighted by Gasteiger charge is 2.24. The molecular weight excluding hydrogens is 334 g/mol. The van der Waals surface area contributed by atoms with Crippen molar-refractivity contribution in [2.24, 2.45) is 0 Å². The molecule has 0 aliphatic carbocycles. The van der Waals surface area contributed by atoms with E-state index in [1.54, 1.807) is 0 Å². The highest BCUT2D eigenvalue weighted by Crippen LogP contribution is 2.25. The van der Waals surface area contributed by atoms with Gasteiger partial charge in [0, 0.05) is 19.0 Å². The molecule has 0 N–H and O–H groups in total. The van der Waals surface area contributed by atoms with Gasteiger partial charge in [-0.25, -0.2) is 0 Å². The fourth-order valence-electron chi connectivity index (χ4n) is 3.92. The van der Waals surface area contributed by atoms with Crippen molar-refractivity contribution in [3.63, 3.8) is 0 Å². The molecule has 1 saturated heterocycles. The molecule has 0 bridgehead atoms. The number of rotatable bonds is 8. The number of methoxy groups -OCH3 is 1. The quantitative estimate of drug-likeness (QED) is 0.623. The number of carbonyl (C=O) groups excluding carboxylic acids is 1. The molecule has 0 amide bonds. The van der Waals surface area contributed by atoms with Gasteiger partial charge in [0.2, 0.25) is 0 Å². The highest BCUT2D eigenvalue weighted by molar-refractivity contribution is 5.79. The molecule has 3 rings (SSSR count). The van der Waals surface area contributed by atoms with Crippen molar-refractivity contribution in [3.05, 3.63) is 77.9 Å². The van der Waals surface area contributed by atoms with Crippen LogP contribution in [0.1, 0.15) is 43.2 Å². The molecule has 1 aliphatic rings. The van der Waals surface area contributed by atoms with Gasteiger partial charge in [-0.3, -0.25) is 4.79 Å². The lowest BCUT2D eigenvalue weighted by atomic mass is 9.97. The Morgan fingerprint density at radius 2 is 1.70 bits per heavy atom. The van der Waals surface area contributed by atoms with Gasteiger partial charge in [-0.2, -0.15) is 0 Å². The minimum Gasteiger partial charge on any atom is -0.469 e. The summed E-state index contributed by atoms with van der Waals surface area (Å²) in [6.07, 6.45) is 7.20. The third kappa shape index (κ3) is 5.54. The van der Waals surface area contributed by atoms with E-state index >= 15 is 0 Å². The second kappa shape index (κ2) is 10.1. The predicted octanol–water partition coefficient (Wildman–Crippen LogP) is 4.93. The summed E-state index contributed by atoms with van der Waals surface area (Å²) in [7, 11) is 1.47. The molecule has 1 fully saturated rings. The summed E-state index contributed by atoms with van der Waals surface area (Å²) < 4.78 is 4.79. The lowest BCUT2D eigenvalue weighted by Crippen LogP contribution is -2.30. The van der Waals surface area contributed by atoms with E-state index < -0.39 is 0 Å². The Bertz CT molecular complexity index is 698. The first-order valence-electron chi connectivity index (χ1n) is 9.90. The van der Waals surface area contributed by atoms with Crippen molar-refractivity contribution in [3.8, 4) is 0 Å². The van der Waals surface area contributed by atoms with Crippen LogP contribution in [0.5, 0.6) is 0 Å². The van der Waals surface area contributed by atoms with Gasteiger partial charge in [0.05, 0.1) is 7.11 Å². The molecule has 0 saturated carbocycles. The van der Waals surface area contributed by atoms with Crippen LogP contribution in [0, 0.1) is 0 Å². The largest absolute Gasteiger partial charge is 0.469 e. The van der Waals surface area contributed by atoms with Gasteiger partial charge in [0.15, 0.2) is 0 Å². The van der Waals surface area contributed by atoms with Crippen LogP contribution in [-0.2, 0) is 9.53 Å². The Kier molecular flexibility index (Phi) is 7.23. The highest BCUT2D eigenvalue weighted by atomic mass is 16.5. The number of esters is 1. The maximum Gasteiger partial charge on any atom is 0.305 e. The lowest BCUT2D eigenvalue weighted by Gasteiger charge is -2.23. The second-order valence-corrected chi connectivity index (χ2v) is 7.09. The van der Waals surface area contributed by atoms with Gasteiger partial charge in [-0.15, -0.1) is 0 Å². The van der Waals surface area contributed by atoms with Crippen LogP contribution < -0.4 is 0 Å². The minimum atomic E-state index is -0.0998. The van der Waals surface area contributed by atoms with Crippen molar-refractivity contribution >= 4 is 11.5 Å². The number of nitrogens with zero attached hydrogens (tertiary/aromatic N) is 1. The zero-order valence-electron chi connectivity index (χ0n) is 16.1. The lowest BCUT2D eigenvalue weighted by molar-refractivity contribution is -0.140. The molecule has 142 valence electrons. The first-order valence-corrected chi connectivity index (χ1v) is 9.90. The third-order valence-corrected chi connectivity index (χ3v) is 5.34. The Morgan fingerprint density at radius 3 is 2.30 bits per heavy atom. The summed E-state index contributed by atoms with van der Waals surface area (Å²) in [5, 5.41) is 0. The first kappa shape index (κ1) is 19.4. The minimum absolute atomic E-state index is 0.0998. The molecule has 2 aromatic rings. The first-order chi connectivity index (χ1) is 13.3. The summed E-state index contributed by atoms with van der Waals surface area (Å²) in [6.45, 7) is 2.17. The number of ether oxygens (including phenoxy) is 1. The third-order valence-electron chi connectivity index (χ3n) is 5.34. The number of hydrogen-bond donors (Lipinski definition) is 0. The van der Waals surface area contributed by atoms with Gasteiger partial charge >= 0.3 is 5.97 Å². The molecular formula is C24H29NO2. The molecule has 1 aliphatic heterocycles. The summed E-state index contributed by atoms with van der Waals surface area (Å²) in [4.78, 5) is 14.0. The molecule has 3 nitrogen and oxygen atoms in total. The second-order valence-electron chi connectivity index (χ2n) is 7.09. The monoisotopic (exact) mass is 363 g/mol. The Labute approximate surface area is 162 Å². The normalized spacial score (nSPS) is 16.9. The fourth-order valence-corrected chi connectivity index (χ4v) is 3.92. The van der Waals surface area contributed by atoms with Crippen LogP contribution in [0.3, 0.4) is 0 Å². The van der Waals surface area contributed by atoms with Crippen LogP contribution in [0.25, 0.3) is 5.57 Å². The molecule has 0 aromatic heterocycles. The molecule has 0 radical (unpaired) electrons. The van der Waals surface area contributed by atoms with Crippen LogP contribution in [0.2, 0.25) is 0 Å². The van der Waals surface area contributed by atoms with Gasteiger partial charge in [-0.05, 0) is 48.9 Å². The summed E-state index contributed by atoms with van der Waals surface area (Å²) in [5.41, 5.74) is 3.81. The number of hydrogen-bond acceptors (Lipinski definition) is 3. The van der Waals surface area contributed by atoms with E-state index in [9.17, 15) is 4.79 Å². The summed E-state index contributed by atoms with van der Waals surface area (Å²) >= 11 is 0.